The molecule has 102 valence electrons. The van der Waals surface area contributed by atoms with Crippen molar-refractivity contribution in [1.29, 1.82) is 0 Å². The fourth-order valence-electron chi connectivity index (χ4n) is 2.60. The molecule has 2 N–H and O–H groups in total. The highest BCUT2D eigenvalue weighted by molar-refractivity contribution is 7.09. The zero-order chi connectivity index (χ0) is 12.8. The lowest BCUT2D eigenvalue weighted by molar-refractivity contribution is -0.0194. The summed E-state index contributed by atoms with van der Waals surface area (Å²) >= 11 is 1.75. The number of hydrogen-bond donors (Lipinski definition) is 1. The zero-order valence-corrected chi connectivity index (χ0v) is 12.0. The number of thiazole rings is 1. The van der Waals surface area contributed by atoms with Crippen LogP contribution in [0.2, 0.25) is 0 Å². The molecule has 1 aliphatic carbocycles. The van der Waals surface area contributed by atoms with Crippen LogP contribution in [0.4, 0.5) is 0 Å². The van der Waals surface area contributed by atoms with E-state index in [1.807, 2.05) is 0 Å². The molecule has 0 aromatic carbocycles. The standard InChI is InChI=1S/C14H24N2OS/c1-2-5-14-16-12(10-18-14)9-17-13-7-4-3-6-11(13)8-15/h10-11,13H,2-9,15H2,1H3. The Labute approximate surface area is 114 Å². The molecule has 4 heteroatoms. The highest BCUT2D eigenvalue weighted by Crippen LogP contribution is 2.27. The molecule has 3 nitrogen and oxygen atoms in total. The number of rotatable bonds is 6. The van der Waals surface area contributed by atoms with Crippen molar-refractivity contribution in [2.75, 3.05) is 6.54 Å². The van der Waals surface area contributed by atoms with E-state index in [2.05, 4.69) is 17.3 Å². The summed E-state index contributed by atoms with van der Waals surface area (Å²) in [5.41, 5.74) is 6.90. The first-order valence-electron chi connectivity index (χ1n) is 7.08. The van der Waals surface area contributed by atoms with E-state index in [-0.39, 0.29) is 0 Å². The Morgan fingerprint density at radius 3 is 3.06 bits per heavy atom. The predicted octanol–water partition coefficient (Wildman–Crippen LogP) is 3.13. The van der Waals surface area contributed by atoms with Crippen LogP contribution in [-0.2, 0) is 17.8 Å². The molecule has 0 radical (unpaired) electrons. The van der Waals surface area contributed by atoms with Crippen LogP contribution in [0.1, 0.15) is 49.7 Å². The molecule has 1 aromatic heterocycles. The Kier molecular flexibility index (Phi) is 5.60. The Morgan fingerprint density at radius 1 is 1.44 bits per heavy atom. The van der Waals surface area contributed by atoms with Crippen LogP contribution in [-0.4, -0.2) is 17.6 Å². The normalized spacial score (nSPS) is 24.3. The summed E-state index contributed by atoms with van der Waals surface area (Å²) in [5, 5.41) is 3.36. The van der Waals surface area contributed by atoms with Crippen LogP contribution in [0.5, 0.6) is 0 Å². The van der Waals surface area contributed by atoms with Gasteiger partial charge in [-0.05, 0) is 38.1 Å². The van der Waals surface area contributed by atoms with Gasteiger partial charge in [-0.3, -0.25) is 0 Å². The van der Waals surface area contributed by atoms with E-state index in [4.69, 9.17) is 10.5 Å². The Morgan fingerprint density at radius 2 is 2.28 bits per heavy atom. The lowest BCUT2D eigenvalue weighted by atomic mass is 9.86. The molecule has 0 spiro atoms. The Balaban J connectivity index is 1.81. The molecule has 1 fully saturated rings. The molecule has 2 atom stereocenters. The van der Waals surface area contributed by atoms with Crippen LogP contribution in [0.3, 0.4) is 0 Å². The zero-order valence-electron chi connectivity index (χ0n) is 11.2. The van der Waals surface area contributed by atoms with E-state index in [0.29, 0.717) is 18.6 Å². The largest absolute Gasteiger partial charge is 0.372 e. The minimum Gasteiger partial charge on any atom is -0.372 e. The van der Waals surface area contributed by atoms with Gasteiger partial charge in [-0.1, -0.05) is 19.8 Å². The molecule has 1 aliphatic rings. The van der Waals surface area contributed by atoms with E-state index >= 15 is 0 Å². The van der Waals surface area contributed by atoms with Gasteiger partial charge in [0.2, 0.25) is 0 Å². The van der Waals surface area contributed by atoms with Gasteiger partial charge in [0, 0.05) is 5.38 Å². The molecule has 2 rings (SSSR count). The van der Waals surface area contributed by atoms with E-state index in [1.165, 1.54) is 24.3 Å². The predicted molar refractivity (Wildman–Crippen MR) is 75.7 cm³/mol. The van der Waals surface area contributed by atoms with Crippen LogP contribution in [0.15, 0.2) is 5.38 Å². The molecule has 1 saturated carbocycles. The van der Waals surface area contributed by atoms with Crippen LogP contribution in [0, 0.1) is 5.92 Å². The molecular formula is C14H24N2OS. The summed E-state index contributed by atoms with van der Waals surface area (Å²) in [6.45, 7) is 3.59. The van der Waals surface area contributed by atoms with Gasteiger partial charge < -0.3 is 10.5 Å². The van der Waals surface area contributed by atoms with Crippen molar-refractivity contribution in [3.05, 3.63) is 16.1 Å². The van der Waals surface area contributed by atoms with Crippen molar-refractivity contribution in [3.8, 4) is 0 Å². The summed E-state index contributed by atoms with van der Waals surface area (Å²) in [6.07, 6.45) is 7.55. The summed E-state index contributed by atoms with van der Waals surface area (Å²) in [7, 11) is 0. The first-order chi connectivity index (χ1) is 8.83. The van der Waals surface area contributed by atoms with Crippen LogP contribution < -0.4 is 5.73 Å². The minimum absolute atomic E-state index is 0.347. The van der Waals surface area contributed by atoms with Gasteiger partial charge in [0.05, 0.1) is 23.4 Å². The third kappa shape index (κ3) is 3.77. The topological polar surface area (TPSA) is 48.1 Å². The molecule has 1 aromatic rings. The first kappa shape index (κ1) is 14.0. The Hall–Kier alpha value is -0.450. The number of hydrogen-bond acceptors (Lipinski definition) is 4. The number of ether oxygens (including phenoxy) is 1. The van der Waals surface area contributed by atoms with Gasteiger partial charge in [-0.2, -0.15) is 0 Å². The number of aryl methyl sites for hydroxylation is 1. The van der Waals surface area contributed by atoms with Crippen molar-refractivity contribution in [2.24, 2.45) is 11.7 Å². The van der Waals surface area contributed by atoms with Gasteiger partial charge in [0.25, 0.3) is 0 Å². The smallest absolute Gasteiger partial charge is 0.0929 e. The van der Waals surface area contributed by atoms with E-state index in [9.17, 15) is 0 Å². The van der Waals surface area contributed by atoms with Crippen molar-refractivity contribution >= 4 is 11.3 Å². The van der Waals surface area contributed by atoms with Crippen molar-refractivity contribution < 1.29 is 4.74 Å². The second kappa shape index (κ2) is 7.22. The highest BCUT2D eigenvalue weighted by atomic mass is 32.1. The molecule has 18 heavy (non-hydrogen) atoms. The molecule has 0 saturated heterocycles. The maximum Gasteiger partial charge on any atom is 0.0929 e. The quantitative estimate of drug-likeness (QED) is 0.862. The van der Waals surface area contributed by atoms with E-state index < -0.39 is 0 Å². The molecule has 0 bridgehead atoms. The average Bonchev–Trinajstić information content (AvgIpc) is 2.85. The van der Waals surface area contributed by atoms with E-state index in [0.717, 1.165) is 31.5 Å². The molecular weight excluding hydrogens is 244 g/mol. The van der Waals surface area contributed by atoms with Gasteiger partial charge in [-0.25, -0.2) is 4.98 Å². The molecule has 1 heterocycles. The second-order valence-corrected chi connectivity index (χ2v) is 6.05. The number of nitrogens with two attached hydrogens (primary N) is 1. The minimum atomic E-state index is 0.347. The maximum atomic E-state index is 6.03. The van der Waals surface area contributed by atoms with Crippen molar-refractivity contribution in [1.82, 2.24) is 4.98 Å². The Bertz CT molecular complexity index is 353. The summed E-state index contributed by atoms with van der Waals surface area (Å²) in [5.74, 6) is 0.549. The average molecular weight is 268 g/mol. The first-order valence-corrected chi connectivity index (χ1v) is 7.96. The molecule has 0 amide bonds. The SMILES string of the molecule is CCCc1nc(COC2CCCCC2CN)cs1. The third-order valence-corrected chi connectivity index (χ3v) is 4.61. The second-order valence-electron chi connectivity index (χ2n) is 5.11. The fourth-order valence-corrected chi connectivity index (χ4v) is 3.48. The summed E-state index contributed by atoms with van der Waals surface area (Å²) < 4.78 is 6.03. The van der Waals surface area contributed by atoms with Crippen LogP contribution in [0.25, 0.3) is 0 Å². The molecule has 2 unspecified atom stereocenters. The number of aromatic nitrogens is 1. The molecule has 0 aliphatic heterocycles. The van der Waals surface area contributed by atoms with Gasteiger partial charge in [-0.15, -0.1) is 11.3 Å². The van der Waals surface area contributed by atoms with Crippen molar-refractivity contribution in [2.45, 2.75) is 58.2 Å². The highest BCUT2D eigenvalue weighted by Gasteiger charge is 2.24. The fraction of sp³-hybridized carbons (Fsp3) is 0.786. The van der Waals surface area contributed by atoms with Crippen LogP contribution >= 0.6 is 11.3 Å². The van der Waals surface area contributed by atoms with Crippen molar-refractivity contribution in [3.63, 3.8) is 0 Å². The van der Waals surface area contributed by atoms with Gasteiger partial charge in [0.1, 0.15) is 0 Å². The lowest BCUT2D eigenvalue weighted by Gasteiger charge is -2.30. The third-order valence-electron chi connectivity index (χ3n) is 3.65. The van der Waals surface area contributed by atoms with E-state index in [1.54, 1.807) is 11.3 Å². The summed E-state index contributed by atoms with van der Waals surface area (Å²) in [6, 6.07) is 0. The lowest BCUT2D eigenvalue weighted by Crippen LogP contribution is -2.33. The van der Waals surface area contributed by atoms with Gasteiger partial charge in [0.15, 0.2) is 0 Å². The van der Waals surface area contributed by atoms with Gasteiger partial charge >= 0.3 is 0 Å². The monoisotopic (exact) mass is 268 g/mol. The maximum absolute atomic E-state index is 6.03. The number of nitrogens with zero attached hydrogens (tertiary/aromatic N) is 1. The summed E-state index contributed by atoms with van der Waals surface area (Å²) in [4.78, 5) is 4.60.